The molecule has 2 N–H and O–H groups in total. The molecule has 106 valence electrons. The molecule has 7 heteroatoms. The molecular weight excluding hydrogens is 337 g/mol. The Morgan fingerprint density at radius 3 is 2.76 bits per heavy atom. The highest BCUT2D eigenvalue weighted by Crippen LogP contribution is 2.28. The van der Waals surface area contributed by atoms with Crippen LogP contribution in [-0.2, 0) is 0 Å². The van der Waals surface area contributed by atoms with Crippen molar-refractivity contribution in [1.82, 2.24) is 20.2 Å². The molecule has 0 bridgehead atoms. The first-order valence-corrected chi connectivity index (χ1v) is 6.96. The molecule has 1 heterocycles. The number of aromatic nitrogens is 4. The summed E-state index contributed by atoms with van der Waals surface area (Å²) in [7, 11) is 0. The van der Waals surface area contributed by atoms with Crippen LogP contribution >= 0.6 is 15.9 Å². The van der Waals surface area contributed by atoms with E-state index >= 15 is 0 Å². The van der Waals surface area contributed by atoms with E-state index in [0.29, 0.717) is 11.5 Å². The minimum Gasteiger partial charge on any atom is -0.399 e. The molecule has 2 aromatic carbocycles. The van der Waals surface area contributed by atoms with Gasteiger partial charge in [0.15, 0.2) is 5.82 Å². The molecule has 3 aromatic rings. The van der Waals surface area contributed by atoms with Crippen molar-refractivity contribution in [3.63, 3.8) is 0 Å². The van der Waals surface area contributed by atoms with Gasteiger partial charge in [0.1, 0.15) is 5.82 Å². The van der Waals surface area contributed by atoms with Crippen molar-refractivity contribution in [2.75, 3.05) is 5.73 Å². The summed E-state index contributed by atoms with van der Waals surface area (Å²) in [6.45, 7) is 1.98. The Morgan fingerprint density at radius 2 is 2.00 bits per heavy atom. The standard InChI is InChI=1S/C14H11BrFN5/c1-8-2-5-13(11(15)6-8)21-14(18-19-20-21)10-7-9(17)3-4-12(10)16/h2-7H,17H2,1H3. The highest BCUT2D eigenvalue weighted by Gasteiger charge is 2.16. The molecule has 0 aliphatic heterocycles. The van der Waals surface area contributed by atoms with E-state index in [0.717, 1.165) is 15.7 Å². The number of nitrogens with zero attached hydrogens (tertiary/aromatic N) is 4. The molecule has 0 atom stereocenters. The van der Waals surface area contributed by atoms with Crippen LogP contribution in [0.2, 0.25) is 0 Å². The van der Waals surface area contributed by atoms with E-state index in [1.165, 1.54) is 22.9 Å². The number of hydrogen-bond donors (Lipinski definition) is 1. The van der Waals surface area contributed by atoms with Gasteiger partial charge in [0, 0.05) is 10.2 Å². The second-order valence-electron chi connectivity index (χ2n) is 4.61. The molecule has 3 rings (SSSR count). The molecule has 0 fully saturated rings. The molecule has 0 aliphatic carbocycles. The third-order valence-electron chi connectivity index (χ3n) is 3.03. The van der Waals surface area contributed by atoms with Crippen LogP contribution in [0, 0.1) is 12.7 Å². The zero-order valence-corrected chi connectivity index (χ0v) is 12.7. The minimum absolute atomic E-state index is 0.257. The number of benzene rings is 2. The van der Waals surface area contributed by atoms with E-state index in [1.807, 2.05) is 25.1 Å². The monoisotopic (exact) mass is 347 g/mol. The number of halogens is 2. The Hall–Kier alpha value is -2.28. The predicted octanol–water partition coefficient (Wildman–Crippen LogP) is 3.12. The van der Waals surface area contributed by atoms with Gasteiger partial charge in [-0.2, -0.15) is 4.68 Å². The summed E-state index contributed by atoms with van der Waals surface area (Å²) in [5, 5.41) is 11.5. The number of nitrogens with two attached hydrogens (primary N) is 1. The van der Waals surface area contributed by atoms with Crippen molar-refractivity contribution in [3.05, 3.63) is 52.3 Å². The lowest BCUT2D eigenvalue weighted by atomic mass is 10.1. The Balaban J connectivity index is 2.19. The highest BCUT2D eigenvalue weighted by atomic mass is 79.9. The van der Waals surface area contributed by atoms with Gasteiger partial charge in [-0.25, -0.2) is 4.39 Å². The zero-order valence-electron chi connectivity index (χ0n) is 11.1. The van der Waals surface area contributed by atoms with Crippen LogP contribution in [0.4, 0.5) is 10.1 Å². The SMILES string of the molecule is Cc1ccc(-n2nnnc2-c2cc(N)ccc2F)c(Br)c1. The van der Waals surface area contributed by atoms with E-state index in [-0.39, 0.29) is 5.56 Å². The highest BCUT2D eigenvalue weighted by molar-refractivity contribution is 9.10. The Labute approximate surface area is 128 Å². The fourth-order valence-corrected chi connectivity index (χ4v) is 2.68. The summed E-state index contributed by atoms with van der Waals surface area (Å²) in [6.07, 6.45) is 0. The molecule has 0 saturated heterocycles. The van der Waals surface area contributed by atoms with Crippen LogP contribution in [0.15, 0.2) is 40.9 Å². The molecule has 0 spiro atoms. The van der Waals surface area contributed by atoms with Crippen LogP contribution < -0.4 is 5.73 Å². The molecule has 0 amide bonds. The third kappa shape index (κ3) is 2.52. The minimum atomic E-state index is -0.427. The Morgan fingerprint density at radius 1 is 1.19 bits per heavy atom. The van der Waals surface area contributed by atoms with Crippen molar-refractivity contribution in [1.29, 1.82) is 0 Å². The first kappa shape index (κ1) is 13.7. The maximum Gasteiger partial charge on any atom is 0.190 e. The smallest absolute Gasteiger partial charge is 0.190 e. The van der Waals surface area contributed by atoms with Crippen molar-refractivity contribution < 1.29 is 4.39 Å². The summed E-state index contributed by atoms with van der Waals surface area (Å²) in [5.41, 5.74) is 8.24. The fourth-order valence-electron chi connectivity index (χ4n) is 2.02. The van der Waals surface area contributed by atoms with Crippen LogP contribution in [0.5, 0.6) is 0 Å². The van der Waals surface area contributed by atoms with Crippen molar-refractivity contribution in [2.24, 2.45) is 0 Å². The summed E-state index contributed by atoms with van der Waals surface area (Å²) in [4.78, 5) is 0. The summed E-state index contributed by atoms with van der Waals surface area (Å²) < 4.78 is 16.3. The Bertz CT molecular complexity index is 815. The number of anilines is 1. The van der Waals surface area contributed by atoms with Gasteiger partial charge in [-0.15, -0.1) is 5.10 Å². The molecule has 0 aliphatic rings. The largest absolute Gasteiger partial charge is 0.399 e. The normalized spacial score (nSPS) is 10.8. The molecule has 5 nitrogen and oxygen atoms in total. The lowest BCUT2D eigenvalue weighted by Gasteiger charge is -2.08. The van der Waals surface area contributed by atoms with Crippen molar-refractivity contribution >= 4 is 21.6 Å². The average Bonchev–Trinajstić information content (AvgIpc) is 2.90. The van der Waals surface area contributed by atoms with Crippen LogP contribution in [0.1, 0.15) is 5.56 Å². The van der Waals surface area contributed by atoms with Gasteiger partial charge < -0.3 is 5.73 Å². The van der Waals surface area contributed by atoms with Gasteiger partial charge >= 0.3 is 0 Å². The van der Waals surface area contributed by atoms with Gasteiger partial charge in [-0.1, -0.05) is 6.07 Å². The molecule has 0 saturated carbocycles. The topological polar surface area (TPSA) is 69.6 Å². The quantitative estimate of drug-likeness (QED) is 0.723. The number of tetrazole rings is 1. The second-order valence-corrected chi connectivity index (χ2v) is 5.46. The molecular formula is C14H11BrFN5. The van der Waals surface area contributed by atoms with Gasteiger partial charge in [0.2, 0.25) is 0 Å². The number of hydrogen-bond acceptors (Lipinski definition) is 4. The van der Waals surface area contributed by atoms with Crippen LogP contribution in [-0.4, -0.2) is 20.2 Å². The lowest BCUT2D eigenvalue weighted by molar-refractivity contribution is 0.629. The van der Waals surface area contributed by atoms with Gasteiger partial charge in [-0.3, -0.25) is 0 Å². The van der Waals surface area contributed by atoms with Gasteiger partial charge in [0.25, 0.3) is 0 Å². The summed E-state index contributed by atoms with van der Waals surface area (Å²) in [5.74, 6) is -0.132. The summed E-state index contributed by atoms with van der Waals surface area (Å²) >= 11 is 3.47. The first-order valence-electron chi connectivity index (χ1n) is 6.16. The van der Waals surface area contributed by atoms with Gasteiger partial charge in [-0.05, 0) is 69.2 Å². The molecule has 21 heavy (non-hydrogen) atoms. The Kier molecular flexibility index (Phi) is 3.42. The third-order valence-corrected chi connectivity index (χ3v) is 3.67. The fraction of sp³-hybridized carbons (Fsp3) is 0.0714. The van der Waals surface area contributed by atoms with Crippen molar-refractivity contribution in [3.8, 4) is 17.1 Å². The lowest BCUT2D eigenvalue weighted by Crippen LogP contribution is -2.02. The van der Waals surface area contributed by atoms with E-state index in [1.54, 1.807) is 0 Å². The zero-order chi connectivity index (χ0) is 15.0. The van der Waals surface area contributed by atoms with Crippen molar-refractivity contribution in [2.45, 2.75) is 6.92 Å². The van der Waals surface area contributed by atoms with Crippen LogP contribution in [0.3, 0.4) is 0 Å². The number of aryl methyl sites for hydroxylation is 1. The maximum absolute atomic E-state index is 14.0. The summed E-state index contributed by atoms with van der Waals surface area (Å²) in [6, 6.07) is 10.0. The first-order chi connectivity index (χ1) is 10.1. The van der Waals surface area contributed by atoms with E-state index in [4.69, 9.17) is 5.73 Å². The average molecular weight is 348 g/mol. The molecule has 0 unspecified atom stereocenters. The number of nitrogen functional groups attached to an aromatic ring is 1. The van der Waals surface area contributed by atoms with Gasteiger partial charge in [0.05, 0.1) is 11.3 Å². The molecule has 0 radical (unpaired) electrons. The second kappa shape index (κ2) is 5.25. The predicted molar refractivity (Wildman–Crippen MR) is 81.4 cm³/mol. The van der Waals surface area contributed by atoms with Crippen LogP contribution in [0.25, 0.3) is 17.1 Å². The molecule has 1 aromatic heterocycles. The maximum atomic E-state index is 14.0. The van der Waals surface area contributed by atoms with E-state index < -0.39 is 5.82 Å². The van der Waals surface area contributed by atoms with E-state index in [2.05, 4.69) is 31.5 Å². The van der Waals surface area contributed by atoms with E-state index in [9.17, 15) is 4.39 Å². The number of rotatable bonds is 2.